The minimum absolute atomic E-state index is 0.171. The molecule has 0 spiro atoms. The van der Waals surface area contributed by atoms with Gasteiger partial charge >= 0.3 is 5.97 Å². The monoisotopic (exact) mass is 310 g/mol. The van der Waals surface area contributed by atoms with E-state index < -0.39 is 0 Å². The first-order valence-electron chi connectivity index (χ1n) is 7.38. The highest BCUT2D eigenvalue weighted by Gasteiger charge is 2.13. The Kier molecular flexibility index (Phi) is 4.28. The molecule has 3 aromatic rings. The number of nitrogens with zero attached hydrogens (tertiary/aromatic N) is 2. The molecule has 0 aliphatic carbocycles. The van der Waals surface area contributed by atoms with E-state index in [1.54, 1.807) is 0 Å². The Bertz CT molecular complexity index is 825. The number of aryl methyl sites for hydroxylation is 1. The van der Waals surface area contributed by atoms with Crippen LogP contribution in [-0.4, -0.2) is 22.5 Å². The number of carbonyl (C=O) groups is 1. The van der Waals surface area contributed by atoms with Crippen LogP contribution in [0.15, 0.2) is 48.7 Å². The molecule has 118 valence electrons. The maximum atomic E-state index is 11.4. The molecule has 0 unspecified atom stereocenters. The average molecular weight is 310 g/mol. The third-order valence-electron chi connectivity index (χ3n) is 3.72. The van der Waals surface area contributed by atoms with Gasteiger partial charge in [-0.05, 0) is 18.6 Å². The van der Waals surface area contributed by atoms with Crippen molar-refractivity contribution in [1.82, 2.24) is 9.38 Å². The van der Waals surface area contributed by atoms with Crippen LogP contribution in [-0.2, 0) is 22.6 Å². The summed E-state index contributed by atoms with van der Waals surface area (Å²) >= 11 is 0. The van der Waals surface area contributed by atoms with E-state index >= 15 is 0 Å². The van der Waals surface area contributed by atoms with Gasteiger partial charge in [0.05, 0.1) is 19.2 Å². The van der Waals surface area contributed by atoms with Gasteiger partial charge in [0, 0.05) is 18.0 Å². The first-order chi connectivity index (χ1) is 11.2. The number of esters is 1. The summed E-state index contributed by atoms with van der Waals surface area (Å²) in [6.07, 6.45) is 2.07. The minimum Gasteiger partial charge on any atom is -0.489 e. The van der Waals surface area contributed by atoms with Crippen molar-refractivity contribution in [1.29, 1.82) is 0 Å². The van der Waals surface area contributed by atoms with Crippen LogP contribution in [0, 0.1) is 6.92 Å². The Morgan fingerprint density at radius 3 is 2.74 bits per heavy atom. The fourth-order valence-electron chi connectivity index (χ4n) is 2.40. The number of imidazole rings is 1. The van der Waals surface area contributed by atoms with Crippen molar-refractivity contribution in [3.63, 3.8) is 0 Å². The number of methoxy groups -OCH3 is 1. The van der Waals surface area contributed by atoms with Crippen LogP contribution in [0.2, 0.25) is 0 Å². The van der Waals surface area contributed by atoms with Gasteiger partial charge in [-0.15, -0.1) is 0 Å². The fraction of sp³-hybridized carbons (Fsp3) is 0.222. The Labute approximate surface area is 134 Å². The summed E-state index contributed by atoms with van der Waals surface area (Å²) in [7, 11) is 1.38. The predicted octanol–water partition coefficient (Wildman–Crippen LogP) is 2.94. The minimum atomic E-state index is -0.294. The number of hydrogen-bond donors (Lipinski definition) is 0. The molecule has 5 heteroatoms. The van der Waals surface area contributed by atoms with Crippen LogP contribution in [0.4, 0.5) is 0 Å². The number of benzene rings is 1. The maximum Gasteiger partial charge on any atom is 0.311 e. The third kappa shape index (κ3) is 3.34. The first-order valence-corrected chi connectivity index (χ1v) is 7.38. The SMILES string of the molecule is COC(=O)Cc1nc2cc(OCc3ccccc3)ccn2c1C. The second-order valence-corrected chi connectivity index (χ2v) is 5.26. The molecule has 0 aliphatic heterocycles. The number of fused-ring (bicyclic) bond motifs is 1. The number of pyridine rings is 1. The highest BCUT2D eigenvalue weighted by atomic mass is 16.5. The second-order valence-electron chi connectivity index (χ2n) is 5.26. The maximum absolute atomic E-state index is 11.4. The summed E-state index contributed by atoms with van der Waals surface area (Å²) < 4.78 is 12.4. The third-order valence-corrected chi connectivity index (χ3v) is 3.72. The molecule has 0 amide bonds. The van der Waals surface area contributed by atoms with Crippen LogP contribution in [0.1, 0.15) is 17.0 Å². The van der Waals surface area contributed by atoms with Crippen molar-refractivity contribution in [2.45, 2.75) is 20.0 Å². The zero-order chi connectivity index (χ0) is 16.2. The lowest BCUT2D eigenvalue weighted by Gasteiger charge is -2.06. The number of rotatable bonds is 5. The molecule has 0 saturated carbocycles. The summed E-state index contributed by atoms with van der Waals surface area (Å²) in [5.41, 5.74) is 3.52. The summed E-state index contributed by atoms with van der Waals surface area (Å²) in [4.78, 5) is 15.9. The first kappa shape index (κ1) is 15.1. The molecule has 0 aliphatic rings. The zero-order valence-corrected chi connectivity index (χ0v) is 13.2. The van der Waals surface area contributed by atoms with E-state index in [9.17, 15) is 4.79 Å². The van der Waals surface area contributed by atoms with E-state index in [2.05, 4.69) is 4.98 Å². The van der Waals surface area contributed by atoms with Crippen molar-refractivity contribution >= 4 is 11.6 Å². The number of ether oxygens (including phenoxy) is 2. The molecule has 2 aromatic heterocycles. The standard InChI is InChI=1S/C18H18N2O3/c1-13-16(11-18(21)22-2)19-17-10-15(8-9-20(13)17)23-12-14-6-4-3-5-7-14/h3-10H,11-12H2,1-2H3. The highest BCUT2D eigenvalue weighted by molar-refractivity contribution is 5.72. The molecular formula is C18H18N2O3. The van der Waals surface area contributed by atoms with E-state index in [1.165, 1.54) is 7.11 Å². The van der Waals surface area contributed by atoms with Crippen molar-refractivity contribution < 1.29 is 14.3 Å². The largest absolute Gasteiger partial charge is 0.489 e. The Hall–Kier alpha value is -2.82. The lowest BCUT2D eigenvalue weighted by Crippen LogP contribution is -2.05. The molecule has 3 rings (SSSR count). The molecule has 0 radical (unpaired) electrons. The van der Waals surface area contributed by atoms with E-state index in [0.717, 1.165) is 28.3 Å². The summed E-state index contributed by atoms with van der Waals surface area (Å²) in [5.74, 6) is 0.452. The second kappa shape index (κ2) is 6.52. The van der Waals surface area contributed by atoms with Gasteiger partial charge in [-0.2, -0.15) is 0 Å². The lowest BCUT2D eigenvalue weighted by molar-refractivity contribution is -0.139. The summed E-state index contributed by atoms with van der Waals surface area (Å²) in [5, 5.41) is 0. The molecular weight excluding hydrogens is 292 g/mol. The zero-order valence-electron chi connectivity index (χ0n) is 13.2. The fourth-order valence-corrected chi connectivity index (χ4v) is 2.40. The van der Waals surface area contributed by atoms with Gasteiger partial charge in [0.15, 0.2) is 0 Å². The Morgan fingerprint density at radius 1 is 1.22 bits per heavy atom. The Balaban J connectivity index is 1.80. The van der Waals surface area contributed by atoms with E-state index in [4.69, 9.17) is 9.47 Å². The van der Waals surface area contributed by atoms with Gasteiger partial charge in [-0.1, -0.05) is 30.3 Å². The summed E-state index contributed by atoms with van der Waals surface area (Å²) in [6, 6.07) is 13.8. The van der Waals surface area contributed by atoms with Gasteiger partial charge in [0.2, 0.25) is 0 Å². The molecule has 0 bridgehead atoms. The molecule has 0 N–H and O–H groups in total. The Morgan fingerprint density at radius 2 is 2.00 bits per heavy atom. The van der Waals surface area contributed by atoms with E-state index in [0.29, 0.717) is 6.61 Å². The highest BCUT2D eigenvalue weighted by Crippen LogP contribution is 2.19. The average Bonchev–Trinajstić information content (AvgIpc) is 2.89. The number of hydrogen-bond acceptors (Lipinski definition) is 4. The van der Waals surface area contributed by atoms with Gasteiger partial charge in [0.25, 0.3) is 0 Å². The van der Waals surface area contributed by atoms with Crippen LogP contribution in [0.25, 0.3) is 5.65 Å². The molecule has 0 fully saturated rings. The van der Waals surface area contributed by atoms with E-state index in [1.807, 2.05) is 60.0 Å². The van der Waals surface area contributed by atoms with Gasteiger partial charge in [0.1, 0.15) is 18.0 Å². The number of carbonyl (C=O) groups excluding carboxylic acids is 1. The molecule has 2 heterocycles. The molecule has 5 nitrogen and oxygen atoms in total. The van der Waals surface area contributed by atoms with Gasteiger partial charge in [-0.3, -0.25) is 4.79 Å². The smallest absolute Gasteiger partial charge is 0.311 e. The van der Waals surface area contributed by atoms with Crippen LogP contribution >= 0.6 is 0 Å². The molecule has 23 heavy (non-hydrogen) atoms. The van der Waals surface area contributed by atoms with Crippen LogP contribution in [0.3, 0.4) is 0 Å². The topological polar surface area (TPSA) is 52.8 Å². The quantitative estimate of drug-likeness (QED) is 0.680. The molecule has 0 atom stereocenters. The van der Waals surface area contributed by atoms with Crippen molar-refractivity contribution in [2.75, 3.05) is 7.11 Å². The normalized spacial score (nSPS) is 10.7. The van der Waals surface area contributed by atoms with E-state index in [-0.39, 0.29) is 12.4 Å². The number of aromatic nitrogens is 2. The van der Waals surface area contributed by atoms with Gasteiger partial charge < -0.3 is 13.9 Å². The van der Waals surface area contributed by atoms with Crippen molar-refractivity contribution in [3.8, 4) is 5.75 Å². The predicted molar refractivity (Wildman–Crippen MR) is 86.4 cm³/mol. The van der Waals surface area contributed by atoms with Crippen LogP contribution < -0.4 is 4.74 Å². The van der Waals surface area contributed by atoms with Crippen molar-refractivity contribution in [2.24, 2.45) is 0 Å². The van der Waals surface area contributed by atoms with Crippen molar-refractivity contribution in [3.05, 3.63) is 65.6 Å². The van der Waals surface area contributed by atoms with Gasteiger partial charge in [-0.25, -0.2) is 4.98 Å². The molecule has 0 saturated heterocycles. The summed E-state index contributed by atoms with van der Waals surface area (Å²) in [6.45, 7) is 2.44. The molecule has 1 aromatic carbocycles. The van der Waals surface area contributed by atoms with Crippen LogP contribution in [0.5, 0.6) is 5.75 Å². The lowest BCUT2D eigenvalue weighted by atomic mass is 10.2.